The molecule has 4 nitrogen and oxygen atoms in total. The molecule has 0 radical (unpaired) electrons. The molecule has 0 spiro atoms. The number of hydrogen-bond donors (Lipinski definition) is 2. The highest BCUT2D eigenvalue weighted by molar-refractivity contribution is 9.10. The first-order valence-corrected chi connectivity index (χ1v) is 7.07. The van der Waals surface area contributed by atoms with Crippen molar-refractivity contribution < 1.29 is 9.18 Å². The van der Waals surface area contributed by atoms with Crippen LogP contribution in [0.1, 0.15) is 35.9 Å². The van der Waals surface area contributed by atoms with E-state index in [9.17, 15) is 9.18 Å². The molecule has 7 heteroatoms. The maximum atomic E-state index is 13.0. The summed E-state index contributed by atoms with van der Waals surface area (Å²) in [5.41, 5.74) is 1.49. The molecule has 1 aromatic heterocycles. The van der Waals surface area contributed by atoms with Crippen LogP contribution in [0.3, 0.4) is 0 Å². The monoisotopic (exact) mass is 359 g/mol. The third-order valence-corrected chi connectivity index (χ3v) is 3.79. The second-order valence-electron chi connectivity index (χ2n) is 4.54. The van der Waals surface area contributed by atoms with Gasteiger partial charge in [0.25, 0.3) is 5.91 Å². The molecule has 0 fully saturated rings. The third-order valence-electron chi connectivity index (χ3n) is 2.70. The number of carbonyl (C=O) groups is 1. The van der Waals surface area contributed by atoms with Gasteiger partial charge >= 0.3 is 0 Å². The molecule has 1 heterocycles. The van der Waals surface area contributed by atoms with Crippen LogP contribution in [0.15, 0.2) is 22.7 Å². The van der Waals surface area contributed by atoms with Crippen molar-refractivity contribution >= 4 is 39.1 Å². The maximum Gasteiger partial charge on any atom is 0.277 e. The average Bonchev–Trinajstić information content (AvgIpc) is 2.76. The third kappa shape index (κ3) is 3.02. The Hall–Kier alpha value is -1.40. The van der Waals surface area contributed by atoms with E-state index in [1.807, 2.05) is 13.8 Å². The Labute approximate surface area is 128 Å². The number of hydrogen-bond acceptors (Lipinski definition) is 2. The van der Waals surface area contributed by atoms with Crippen molar-refractivity contribution in [2.24, 2.45) is 0 Å². The molecule has 0 saturated carbocycles. The number of carbonyl (C=O) groups excluding carboxylic acids is 1. The molecule has 0 aliphatic rings. The Kier molecular flexibility index (Phi) is 4.45. The number of nitrogens with one attached hydrogen (secondary N) is 2. The Morgan fingerprint density at radius 2 is 2.20 bits per heavy atom. The molecule has 0 bridgehead atoms. The summed E-state index contributed by atoms with van der Waals surface area (Å²) in [6.45, 7) is 3.97. The standard InChI is InChI=1S/C13H12BrClFN3O/c1-6(2)11-10(14)12(19-18-11)13(20)17-7-3-4-9(16)8(15)5-7/h3-6H,1-2H3,(H,17,20)(H,18,19). The van der Waals surface area contributed by atoms with Crippen LogP contribution >= 0.6 is 27.5 Å². The number of aromatic amines is 1. The molecule has 0 aliphatic carbocycles. The fourth-order valence-electron chi connectivity index (χ4n) is 1.64. The lowest BCUT2D eigenvalue weighted by Crippen LogP contribution is -2.13. The molecule has 2 aromatic rings. The highest BCUT2D eigenvalue weighted by Crippen LogP contribution is 2.26. The van der Waals surface area contributed by atoms with Crippen LogP contribution in [0.25, 0.3) is 0 Å². The lowest BCUT2D eigenvalue weighted by molar-refractivity contribution is 0.102. The summed E-state index contributed by atoms with van der Waals surface area (Å²) in [5, 5.41) is 9.37. The maximum absolute atomic E-state index is 13.0. The molecule has 0 aliphatic heterocycles. The zero-order chi connectivity index (χ0) is 14.9. The summed E-state index contributed by atoms with van der Waals surface area (Å²) < 4.78 is 13.7. The largest absolute Gasteiger partial charge is 0.321 e. The fourth-order valence-corrected chi connectivity index (χ4v) is 2.63. The summed E-state index contributed by atoms with van der Waals surface area (Å²) in [5.74, 6) is -0.728. The number of halogens is 3. The summed E-state index contributed by atoms with van der Waals surface area (Å²) >= 11 is 9.01. The van der Waals surface area contributed by atoms with Crippen LogP contribution in [-0.2, 0) is 0 Å². The number of H-pyrrole nitrogens is 1. The van der Waals surface area contributed by atoms with Gasteiger partial charge in [0.2, 0.25) is 0 Å². The number of anilines is 1. The summed E-state index contributed by atoms with van der Waals surface area (Å²) in [6.07, 6.45) is 0. The molecular weight excluding hydrogens is 349 g/mol. The quantitative estimate of drug-likeness (QED) is 0.855. The van der Waals surface area contributed by atoms with Gasteiger partial charge in [-0.2, -0.15) is 5.10 Å². The predicted molar refractivity (Wildman–Crippen MR) is 79.7 cm³/mol. The lowest BCUT2D eigenvalue weighted by Gasteiger charge is -2.05. The molecule has 2 rings (SSSR count). The molecule has 106 valence electrons. The van der Waals surface area contributed by atoms with E-state index >= 15 is 0 Å². The average molecular weight is 361 g/mol. The van der Waals surface area contributed by atoms with Gasteiger partial charge in [-0.3, -0.25) is 9.89 Å². The van der Waals surface area contributed by atoms with E-state index in [1.54, 1.807) is 0 Å². The van der Waals surface area contributed by atoms with Crippen molar-refractivity contribution in [3.05, 3.63) is 44.9 Å². The lowest BCUT2D eigenvalue weighted by atomic mass is 10.1. The van der Waals surface area contributed by atoms with Gasteiger partial charge in [0.15, 0.2) is 5.69 Å². The molecule has 0 atom stereocenters. The number of rotatable bonds is 3. The minimum atomic E-state index is -0.535. The van der Waals surface area contributed by atoms with Crippen LogP contribution in [0.5, 0.6) is 0 Å². The topological polar surface area (TPSA) is 57.8 Å². The molecule has 2 N–H and O–H groups in total. The first-order valence-electron chi connectivity index (χ1n) is 5.90. The first kappa shape index (κ1) is 15.0. The molecule has 1 aromatic carbocycles. The number of nitrogens with zero attached hydrogens (tertiary/aromatic N) is 1. The number of amides is 1. The first-order chi connectivity index (χ1) is 9.40. The Morgan fingerprint density at radius 3 is 2.75 bits per heavy atom. The van der Waals surface area contributed by atoms with Crippen LogP contribution in [0.4, 0.5) is 10.1 Å². The van der Waals surface area contributed by atoms with Crippen molar-refractivity contribution in [1.82, 2.24) is 10.2 Å². The van der Waals surface area contributed by atoms with Crippen molar-refractivity contribution in [2.45, 2.75) is 19.8 Å². The zero-order valence-electron chi connectivity index (χ0n) is 10.8. The van der Waals surface area contributed by atoms with E-state index in [4.69, 9.17) is 11.6 Å². The van der Waals surface area contributed by atoms with Crippen molar-refractivity contribution in [3.8, 4) is 0 Å². The minimum absolute atomic E-state index is 0.0493. The van der Waals surface area contributed by atoms with Gasteiger partial charge in [-0.1, -0.05) is 25.4 Å². The van der Waals surface area contributed by atoms with Crippen LogP contribution in [0.2, 0.25) is 5.02 Å². The second kappa shape index (κ2) is 5.93. The van der Waals surface area contributed by atoms with Gasteiger partial charge in [0.1, 0.15) is 5.82 Å². The molecule has 0 saturated heterocycles. The van der Waals surface area contributed by atoms with Crippen LogP contribution < -0.4 is 5.32 Å². The second-order valence-corrected chi connectivity index (χ2v) is 5.74. The van der Waals surface area contributed by atoms with E-state index in [0.717, 1.165) is 5.69 Å². The summed E-state index contributed by atoms with van der Waals surface area (Å²) in [4.78, 5) is 12.1. The minimum Gasteiger partial charge on any atom is -0.321 e. The van der Waals surface area contributed by atoms with E-state index in [-0.39, 0.29) is 16.6 Å². The molecule has 1 amide bonds. The highest BCUT2D eigenvalue weighted by atomic mass is 79.9. The number of benzene rings is 1. The predicted octanol–water partition coefficient (Wildman–Crippen LogP) is 4.34. The van der Waals surface area contributed by atoms with Crippen molar-refractivity contribution in [1.29, 1.82) is 0 Å². The van der Waals surface area contributed by atoms with E-state index in [2.05, 4.69) is 31.4 Å². The van der Waals surface area contributed by atoms with Gasteiger partial charge in [-0.05, 0) is 40.0 Å². The Morgan fingerprint density at radius 1 is 1.50 bits per heavy atom. The smallest absolute Gasteiger partial charge is 0.277 e. The summed E-state index contributed by atoms with van der Waals surface area (Å²) in [7, 11) is 0. The van der Waals surface area contributed by atoms with Gasteiger partial charge in [0.05, 0.1) is 15.2 Å². The van der Waals surface area contributed by atoms with Crippen molar-refractivity contribution in [2.75, 3.05) is 5.32 Å². The Bertz CT molecular complexity index is 657. The van der Waals surface area contributed by atoms with Gasteiger partial charge < -0.3 is 5.32 Å². The SMILES string of the molecule is CC(C)c1[nH]nc(C(=O)Nc2ccc(F)c(Cl)c2)c1Br. The fraction of sp³-hybridized carbons (Fsp3) is 0.231. The van der Waals surface area contributed by atoms with E-state index < -0.39 is 11.7 Å². The van der Waals surface area contributed by atoms with Crippen LogP contribution in [-0.4, -0.2) is 16.1 Å². The van der Waals surface area contributed by atoms with Crippen molar-refractivity contribution in [3.63, 3.8) is 0 Å². The highest BCUT2D eigenvalue weighted by Gasteiger charge is 2.19. The molecular formula is C13H12BrClFN3O. The zero-order valence-corrected chi connectivity index (χ0v) is 13.1. The molecule has 0 unspecified atom stereocenters. The normalized spacial score (nSPS) is 10.9. The van der Waals surface area contributed by atoms with Gasteiger partial charge in [-0.15, -0.1) is 0 Å². The van der Waals surface area contributed by atoms with E-state index in [0.29, 0.717) is 10.2 Å². The van der Waals surface area contributed by atoms with E-state index in [1.165, 1.54) is 18.2 Å². The number of aromatic nitrogens is 2. The van der Waals surface area contributed by atoms with Gasteiger partial charge in [0, 0.05) is 5.69 Å². The molecule has 20 heavy (non-hydrogen) atoms. The van der Waals surface area contributed by atoms with Gasteiger partial charge in [-0.25, -0.2) is 4.39 Å². The Balaban J connectivity index is 2.22. The van der Waals surface area contributed by atoms with Crippen LogP contribution in [0, 0.1) is 5.82 Å². The summed E-state index contributed by atoms with van der Waals surface area (Å²) in [6, 6.07) is 3.97.